The third-order valence-electron chi connectivity index (χ3n) is 2.50. The Morgan fingerprint density at radius 1 is 1.47 bits per heavy atom. The van der Waals surface area contributed by atoms with Crippen LogP contribution in [0.25, 0.3) is 0 Å². The Bertz CT molecular complexity index is 339. The van der Waals surface area contributed by atoms with Gasteiger partial charge in [0.2, 0.25) is 0 Å². The Hall–Kier alpha value is -0.890. The molecule has 15 heavy (non-hydrogen) atoms. The van der Waals surface area contributed by atoms with Crippen LogP contribution >= 0.6 is 11.6 Å². The summed E-state index contributed by atoms with van der Waals surface area (Å²) in [6.07, 6.45) is 1.07. The molecule has 0 radical (unpaired) electrons. The van der Waals surface area contributed by atoms with Crippen molar-refractivity contribution >= 4 is 17.3 Å². The molecule has 0 heterocycles. The molecule has 2 nitrogen and oxygen atoms in total. The Labute approximate surface area is 96.6 Å². The van der Waals surface area contributed by atoms with Gasteiger partial charge in [0.25, 0.3) is 0 Å². The summed E-state index contributed by atoms with van der Waals surface area (Å²) in [5.41, 5.74) is 2.07. The predicted molar refractivity (Wildman–Crippen MR) is 66.1 cm³/mol. The van der Waals surface area contributed by atoms with Crippen molar-refractivity contribution in [3.05, 3.63) is 22.7 Å². The lowest BCUT2D eigenvalue weighted by Gasteiger charge is -2.17. The molecule has 3 heteroatoms. The van der Waals surface area contributed by atoms with Crippen molar-refractivity contribution in [2.45, 2.75) is 33.2 Å². The van der Waals surface area contributed by atoms with Crippen LogP contribution in [0.1, 0.15) is 25.8 Å². The summed E-state index contributed by atoms with van der Waals surface area (Å²) in [5.74, 6) is 0.797. The first-order valence-corrected chi connectivity index (χ1v) is 5.57. The van der Waals surface area contributed by atoms with Crippen LogP contribution in [-0.2, 0) is 0 Å². The van der Waals surface area contributed by atoms with E-state index >= 15 is 0 Å². The van der Waals surface area contributed by atoms with Gasteiger partial charge in [-0.15, -0.1) is 0 Å². The van der Waals surface area contributed by atoms with Gasteiger partial charge >= 0.3 is 0 Å². The zero-order chi connectivity index (χ0) is 11.4. The molecule has 1 N–H and O–H groups in total. The molecule has 0 aliphatic rings. The van der Waals surface area contributed by atoms with E-state index in [0.717, 1.165) is 28.4 Å². The normalized spacial score (nSPS) is 12.3. The number of methoxy groups -OCH3 is 1. The van der Waals surface area contributed by atoms with Crippen LogP contribution in [0.15, 0.2) is 12.1 Å². The molecule has 1 atom stereocenters. The fourth-order valence-electron chi connectivity index (χ4n) is 1.31. The average molecular weight is 228 g/mol. The number of hydrogen-bond donors (Lipinski definition) is 1. The van der Waals surface area contributed by atoms with Gasteiger partial charge in [0.15, 0.2) is 0 Å². The zero-order valence-electron chi connectivity index (χ0n) is 9.73. The highest BCUT2D eigenvalue weighted by atomic mass is 35.5. The monoisotopic (exact) mass is 227 g/mol. The number of anilines is 1. The van der Waals surface area contributed by atoms with Crippen LogP contribution < -0.4 is 10.1 Å². The topological polar surface area (TPSA) is 21.3 Å². The van der Waals surface area contributed by atoms with E-state index in [4.69, 9.17) is 16.3 Å². The van der Waals surface area contributed by atoms with Crippen molar-refractivity contribution in [1.82, 2.24) is 0 Å². The summed E-state index contributed by atoms with van der Waals surface area (Å²) in [6, 6.07) is 4.30. The van der Waals surface area contributed by atoms with E-state index in [2.05, 4.69) is 19.2 Å². The Kier molecular flexibility index (Phi) is 4.28. The van der Waals surface area contributed by atoms with Gasteiger partial charge in [-0.3, -0.25) is 0 Å². The Morgan fingerprint density at radius 2 is 2.13 bits per heavy atom. The number of ether oxygens (including phenoxy) is 1. The quantitative estimate of drug-likeness (QED) is 0.843. The summed E-state index contributed by atoms with van der Waals surface area (Å²) in [6.45, 7) is 6.28. The molecule has 0 aromatic heterocycles. The molecule has 1 aromatic carbocycles. The second kappa shape index (κ2) is 5.26. The average Bonchev–Trinajstić information content (AvgIpc) is 2.22. The highest BCUT2D eigenvalue weighted by Gasteiger charge is 2.08. The van der Waals surface area contributed by atoms with Gasteiger partial charge in [0.1, 0.15) is 5.75 Å². The predicted octanol–water partition coefficient (Wildman–Crippen LogP) is 3.87. The third kappa shape index (κ3) is 3.03. The maximum Gasteiger partial charge on any atom is 0.143 e. The lowest BCUT2D eigenvalue weighted by atomic mass is 10.1. The Balaban J connectivity index is 2.99. The highest BCUT2D eigenvalue weighted by Crippen LogP contribution is 2.31. The molecule has 0 fully saturated rings. The zero-order valence-corrected chi connectivity index (χ0v) is 10.5. The van der Waals surface area contributed by atoms with E-state index in [1.54, 1.807) is 7.11 Å². The number of halogens is 1. The molecule has 0 aliphatic heterocycles. The Morgan fingerprint density at radius 3 is 2.67 bits per heavy atom. The molecule has 0 spiro atoms. The fourth-order valence-corrected chi connectivity index (χ4v) is 1.47. The van der Waals surface area contributed by atoms with Crippen molar-refractivity contribution in [3.63, 3.8) is 0 Å². The summed E-state index contributed by atoms with van der Waals surface area (Å²) < 4.78 is 5.28. The van der Waals surface area contributed by atoms with Gasteiger partial charge in [-0.05, 0) is 31.9 Å². The maximum absolute atomic E-state index is 6.03. The SMILES string of the molecule is CCC(C)Nc1cc(C)c(Cl)cc1OC. The number of hydrogen-bond acceptors (Lipinski definition) is 2. The molecule has 0 aliphatic carbocycles. The molecule has 84 valence electrons. The molecule has 1 rings (SSSR count). The van der Waals surface area contributed by atoms with Crippen molar-refractivity contribution in [3.8, 4) is 5.75 Å². The fraction of sp³-hybridized carbons (Fsp3) is 0.500. The van der Waals surface area contributed by atoms with E-state index in [0.29, 0.717) is 6.04 Å². The second-order valence-corrected chi connectivity index (χ2v) is 4.16. The van der Waals surface area contributed by atoms with E-state index in [1.165, 1.54) is 0 Å². The molecule has 0 bridgehead atoms. The van der Waals surface area contributed by atoms with E-state index < -0.39 is 0 Å². The molecular formula is C12H18ClNO. The van der Waals surface area contributed by atoms with Crippen LogP contribution in [-0.4, -0.2) is 13.2 Å². The van der Waals surface area contributed by atoms with Gasteiger partial charge in [-0.1, -0.05) is 18.5 Å². The van der Waals surface area contributed by atoms with Gasteiger partial charge in [-0.25, -0.2) is 0 Å². The van der Waals surface area contributed by atoms with Crippen molar-refractivity contribution in [1.29, 1.82) is 0 Å². The summed E-state index contributed by atoms with van der Waals surface area (Å²) in [4.78, 5) is 0. The van der Waals surface area contributed by atoms with Crippen molar-refractivity contribution in [2.75, 3.05) is 12.4 Å². The maximum atomic E-state index is 6.03. The van der Waals surface area contributed by atoms with Crippen molar-refractivity contribution < 1.29 is 4.74 Å². The van der Waals surface area contributed by atoms with Crippen LogP contribution in [0.2, 0.25) is 5.02 Å². The summed E-state index contributed by atoms with van der Waals surface area (Å²) in [7, 11) is 1.66. The minimum absolute atomic E-state index is 0.430. The van der Waals surface area contributed by atoms with Crippen LogP contribution in [0.4, 0.5) is 5.69 Å². The lowest BCUT2D eigenvalue weighted by molar-refractivity contribution is 0.416. The third-order valence-corrected chi connectivity index (χ3v) is 2.90. The van der Waals surface area contributed by atoms with Crippen LogP contribution in [0, 0.1) is 6.92 Å². The standard InChI is InChI=1S/C12H18ClNO/c1-5-9(3)14-11-6-8(2)10(13)7-12(11)15-4/h6-7,9,14H,5H2,1-4H3. The highest BCUT2D eigenvalue weighted by molar-refractivity contribution is 6.31. The van der Waals surface area contributed by atoms with Crippen LogP contribution in [0.3, 0.4) is 0 Å². The summed E-state index contributed by atoms with van der Waals surface area (Å²) >= 11 is 6.03. The van der Waals surface area contributed by atoms with E-state index in [1.807, 2.05) is 19.1 Å². The first kappa shape index (κ1) is 12.2. The lowest BCUT2D eigenvalue weighted by Crippen LogP contribution is -2.14. The molecule has 0 saturated heterocycles. The number of nitrogens with one attached hydrogen (secondary N) is 1. The van der Waals surface area contributed by atoms with E-state index in [9.17, 15) is 0 Å². The van der Waals surface area contributed by atoms with Gasteiger partial charge in [0.05, 0.1) is 12.8 Å². The largest absolute Gasteiger partial charge is 0.495 e. The first-order chi connectivity index (χ1) is 7.08. The number of benzene rings is 1. The molecule has 0 saturated carbocycles. The van der Waals surface area contributed by atoms with Crippen molar-refractivity contribution in [2.24, 2.45) is 0 Å². The number of aryl methyl sites for hydroxylation is 1. The minimum Gasteiger partial charge on any atom is -0.495 e. The van der Waals surface area contributed by atoms with Gasteiger partial charge in [-0.2, -0.15) is 0 Å². The molecule has 0 amide bonds. The smallest absolute Gasteiger partial charge is 0.143 e. The van der Waals surface area contributed by atoms with Gasteiger partial charge in [0, 0.05) is 17.1 Å². The molecular weight excluding hydrogens is 210 g/mol. The number of rotatable bonds is 4. The first-order valence-electron chi connectivity index (χ1n) is 5.19. The summed E-state index contributed by atoms with van der Waals surface area (Å²) in [5, 5.41) is 4.13. The molecule has 1 unspecified atom stereocenters. The van der Waals surface area contributed by atoms with E-state index in [-0.39, 0.29) is 0 Å². The minimum atomic E-state index is 0.430. The van der Waals surface area contributed by atoms with Crippen LogP contribution in [0.5, 0.6) is 5.75 Å². The second-order valence-electron chi connectivity index (χ2n) is 3.76. The van der Waals surface area contributed by atoms with Gasteiger partial charge < -0.3 is 10.1 Å². The molecule has 1 aromatic rings.